The van der Waals surface area contributed by atoms with Crippen molar-refractivity contribution in [2.75, 3.05) is 0 Å². The molecular formula is C8H5F3N2O2. The predicted octanol–water partition coefficient (Wildman–Crippen LogP) is 2.17. The molecule has 0 aliphatic rings. The molecule has 15 heavy (non-hydrogen) atoms. The van der Waals surface area contributed by atoms with E-state index in [4.69, 9.17) is 5.11 Å². The maximum Gasteiger partial charge on any atom is 0.573 e. The van der Waals surface area contributed by atoms with Crippen LogP contribution in [-0.2, 0) is 0 Å². The molecule has 0 bridgehead atoms. The Morgan fingerprint density at radius 1 is 1.33 bits per heavy atom. The number of hydrogen-bond donors (Lipinski definition) is 2. The normalized spacial score (nSPS) is 11.9. The summed E-state index contributed by atoms with van der Waals surface area (Å²) in [6, 6.07) is 3.19. The third-order valence-corrected chi connectivity index (χ3v) is 1.67. The van der Waals surface area contributed by atoms with Gasteiger partial charge in [0, 0.05) is 6.07 Å². The highest BCUT2D eigenvalue weighted by Gasteiger charge is 2.31. The lowest BCUT2D eigenvalue weighted by molar-refractivity contribution is -0.274. The highest BCUT2D eigenvalue weighted by atomic mass is 19.4. The average molecular weight is 218 g/mol. The van der Waals surface area contributed by atoms with Gasteiger partial charge in [-0.3, -0.25) is 0 Å². The zero-order valence-corrected chi connectivity index (χ0v) is 7.17. The molecule has 0 amide bonds. The van der Waals surface area contributed by atoms with Gasteiger partial charge >= 0.3 is 6.36 Å². The van der Waals surface area contributed by atoms with E-state index in [1.165, 1.54) is 6.07 Å². The first kappa shape index (κ1) is 9.63. The molecule has 0 saturated carbocycles. The van der Waals surface area contributed by atoms with Gasteiger partial charge in [0.1, 0.15) is 5.75 Å². The number of halogens is 3. The second-order valence-corrected chi connectivity index (χ2v) is 2.79. The first-order valence-electron chi connectivity index (χ1n) is 3.88. The number of ether oxygens (including phenoxy) is 1. The van der Waals surface area contributed by atoms with Gasteiger partial charge in [-0.2, -0.15) is 4.98 Å². The van der Waals surface area contributed by atoms with E-state index in [0.717, 1.165) is 12.1 Å². The number of aromatic nitrogens is 2. The van der Waals surface area contributed by atoms with Crippen LogP contribution < -0.4 is 4.74 Å². The number of H-pyrrole nitrogens is 1. The number of aromatic hydroxyl groups is 1. The Balaban J connectivity index is 2.38. The lowest BCUT2D eigenvalue weighted by atomic mass is 10.3. The topological polar surface area (TPSA) is 58.1 Å². The average Bonchev–Trinajstić information content (AvgIpc) is 2.40. The number of rotatable bonds is 1. The maximum absolute atomic E-state index is 11.8. The minimum atomic E-state index is -4.73. The number of nitrogens with zero attached hydrogens (tertiary/aromatic N) is 1. The Labute approximate surface area is 81.3 Å². The van der Waals surface area contributed by atoms with Crippen LogP contribution >= 0.6 is 0 Å². The van der Waals surface area contributed by atoms with Gasteiger partial charge in [-0.15, -0.1) is 13.2 Å². The second kappa shape index (κ2) is 3.04. The molecule has 2 N–H and O–H groups in total. The van der Waals surface area contributed by atoms with Crippen LogP contribution in [0.2, 0.25) is 0 Å². The summed E-state index contributed by atoms with van der Waals surface area (Å²) in [4.78, 5) is 6.00. The summed E-state index contributed by atoms with van der Waals surface area (Å²) in [6.45, 7) is 0. The lowest BCUT2D eigenvalue weighted by Gasteiger charge is -2.07. The van der Waals surface area contributed by atoms with E-state index >= 15 is 0 Å². The monoisotopic (exact) mass is 218 g/mol. The summed E-state index contributed by atoms with van der Waals surface area (Å²) >= 11 is 0. The fourth-order valence-corrected chi connectivity index (χ4v) is 1.17. The fraction of sp³-hybridized carbons (Fsp3) is 0.125. The molecule has 1 aromatic carbocycles. The summed E-state index contributed by atoms with van der Waals surface area (Å²) in [5, 5.41) is 8.95. The molecule has 0 unspecified atom stereocenters. The van der Waals surface area contributed by atoms with Crippen LogP contribution in [0, 0.1) is 0 Å². The van der Waals surface area contributed by atoms with E-state index in [1.807, 2.05) is 0 Å². The largest absolute Gasteiger partial charge is 0.573 e. The van der Waals surface area contributed by atoms with Gasteiger partial charge in [-0.1, -0.05) is 0 Å². The number of alkyl halides is 3. The SMILES string of the molecule is Oc1nc2ccc(OC(F)(F)F)cc2[nH]1. The van der Waals surface area contributed by atoms with E-state index in [1.54, 1.807) is 0 Å². The predicted molar refractivity (Wildman–Crippen MR) is 44.4 cm³/mol. The van der Waals surface area contributed by atoms with E-state index in [9.17, 15) is 13.2 Å². The van der Waals surface area contributed by atoms with Crippen molar-refractivity contribution >= 4 is 11.0 Å². The number of hydrogen-bond acceptors (Lipinski definition) is 3. The molecule has 4 nitrogen and oxygen atoms in total. The van der Waals surface area contributed by atoms with E-state index < -0.39 is 6.36 Å². The highest BCUT2D eigenvalue weighted by molar-refractivity contribution is 5.77. The summed E-state index contributed by atoms with van der Waals surface area (Å²) in [5.74, 6) is -0.362. The smallest absolute Gasteiger partial charge is 0.480 e. The molecule has 1 aromatic heterocycles. The fourth-order valence-electron chi connectivity index (χ4n) is 1.17. The molecule has 0 fully saturated rings. The molecule has 0 aliphatic carbocycles. The molecule has 1 heterocycles. The van der Waals surface area contributed by atoms with E-state index in [2.05, 4.69) is 14.7 Å². The van der Waals surface area contributed by atoms with Crippen molar-refractivity contribution in [3.8, 4) is 11.8 Å². The van der Waals surface area contributed by atoms with Crippen molar-refractivity contribution in [2.24, 2.45) is 0 Å². The van der Waals surface area contributed by atoms with Crippen molar-refractivity contribution in [2.45, 2.75) is 6.36 Å². The summed E-state index contributed by atoms with van der Waals surface area (Å²) < 4.78 is 39.2. The third-order valence-electron chi connectivity index (χ3n) is 1.67. The Kier molecular flexibility index (Phi) is 1.95. The minimum Gasteiger partial charge on any atom is -0.480 e. The maximum atomic E-state index is 11.8. The molecular weight excluding hydrogens is 213 g/mol. The van der Waals surface area contributed by atoms with Crippen LogP contribution in [0.1, 0.15) is 0 Å². The van der Waals surface area contributed by atoms with E-state index in [-0.39, 0.29) is 17.3 Å². The van der Waals surface area contributed by atoms with Crippen LogP contribution in [0.5, 0.6) is 11.8 Å². The van der Waals surface area contributed by atoms with Gasteiger partial charge in [0.15, 0.2) is 0 Å². The van der Waals surface area contributed by atoms with Gasteiger partial charge in [-0.05, 0) is 12.1 Å². The van der Waals surface area contributed by atoms with Gasteiger partial charge in [0.25, 0.3) is 6.01 Å². The molecule has 2 aromatic rings. The summed E-state index contributed by atoms with van der Waals surface area (Å²) in [5.41, 5.74) is 0.635. The number of imidazole rings is 1. The van der Waals surface area contributed by atoms with Gasteiger partial charge in [0.05, 0.1) is 11.0 Å². The van der Waals surface area contributed by atoms with Crippen molar-refractivity contribution in [3.05, 3.63) is 18.2 Å². The van der Waals surface area contributed by atoms with Crippen molar-refractivity contribution in [1.29, 1.82) is 0 Å². The molecule has 0 spiro atoms. The first-order chi connectivity index (χ1) is 6.94. The minimum absolute atomic E-state index is 0.272. The Hall–Kier alpha value is -1.92. The van der Waals surface area contributed by atoms with Crippen LogP contribution in [-0.4, -0.2) is 21.4 Å². The van der Waals surface area contributed by atoms with Gasteiger partial charge in [-0.25, -0.2) is 0 Å². The Morgan fingerprint density at radius 2 is 2.07 bits per heavy atom. The number of benzene rings is 1. The number of aromatic amines is 1. The quantitative estimate of drug-likeness (QED) is 0.771. The van der Waals surface area contributed by atoms with Gasteiger partial charge in [0.2, 0.25) is 0 Å². The summed E-state index contributed by atoms with van der Waals surface area (Å²) in [7, 11) is 0. The second-order valence-electron chi connectivity index (χ2n) is 2.79. The van der Waals surface area contributed by atoms with Crippen LogP contribution in [0.3, 0.4) is 0 Å². The van der Waals surface area contributed by atoms with Crippen molar-refractivity contribution < 1.29 is 23.0 Å². The molecule has 0 saturated heterocycles. The van der Waals surface area contributed by atoms with Crippen LogP contribution in [0.4, 0.5) is 13.2 Å². The van der Waals surface area contributed by atoms with E-state index in [0.29, 0.717) is 5.52 Å². The standard InChI is InChI=1S/C8H5F3N2O2/c9-8(10,11)15-4-1-2-5-6(3-4)13-7(14)12-5/h1-3H,(H2,12,13,14). The third kappa shape index (κ3) is 2.12. The van der Waals surface area contributed by atoms with Crippen molar-refractivity contribution in [3.63, 3.8) is 0 Å². The molecule has 0 atom stereocenters. The first-order valence-corrected chi connectivity index (χ1v) is 3.88. The van der Waals surface area contributed by atoms with Crippen molar-refractivity contribution in [1.82, 2.24) is 9.97 Å². The lowest BCUT2D eigenvalue weighted by Crippen LogP contribution is -2.16. The summed E-state index contributed by atoms with van der Waals surface area (Å²) in [6.07, 6.45) is -4.73. The Morgan fingerprint density at radius 3 is 2.73 bits per heavy atom. The Bertz CT molecular complexity index is 492. The molecule has 0 aliphatic heterocycles. The molecule has 7 heteroatoms. The highest BCUT2D eigenvalue weighted by Crippen LogP contribution is 2.26. The van der Waals surface area contributed by atoms with Crippen LogP contribution in [0.15, 0.2) is 18.2 Å². The number of nitrogens with one attached hydrogen (secondary N) is 1. The van der Waals surface area contributed by atoms with Gasteiger partial charge < -0.3 is 14.8 Å². The van der Waals surface area contributed by atoms with Crippen LogP contribution in [0.25, 0.3) is 11.0 Å². The molecule has 80 valence electrons. The zero-order chi connectivity index (χ0) is 11.1. The number of fused-ring (bicyclic) bond motifs is 1. The zero-order valence-electron chi connectivity index (χ0n) is 7.17. The molecule has 0 radical (unpaired) electrons. The molecule has 2 rings (SSSR count).